The molecule has 200 valence electrons. The highest BCUT2D eigenvalue weighted by molar-refractivity contribution is 6.67. The van der Waals surface area contributed by atoms with Crippen molar-refractivity contribution in [1.29, 1.82) is 0 Å². The molecule has 33 heavy (non-hydrogen) atoms. The minimum absolute atomic E-state index is 0.225. The summed E-state index contributed by atoms with van der Waals surface area (Å²) < 4.78 is 12.9. The van der Waals surface area contributed by atoms with Gasteiger partial charge in [0.25, 0.3) is 0 Å². The molecule has 0 amide bonds. The molecule has 0 spiro atoms. The van der Waals surface area contributed by atoms with Gasteiger partial charge in [-0.3, -0.25) is 0 Å². The van der Waals surface area contributed by atoms with Crippen LogP contribution in [0.2, 0.25) is 12.1 Å². The predicted molar refractivity (Wildman–Crippen MR) is 149 cm³/mol. The van der Waals surface area contributed by atoms with Gasteiger partial charge in [-0.15, -0.1) is 0 Å². The standard InChI is InChI=1S/C27H61N3O2Si/c1-10-20-28(13-4)24-27(25-29(14-5)21-11-2,26-30(15-6)22-12-3)19-23-33(18-9,31-16-7)32-17-8/h10-26H2,1-9H3. The summed E-state index contributed by atoms with van der Waals surface area (Å²) in [6.07, 6.45) is 4.84. The molecule has 0 atom stereocenters. The smallest absolute Gasteiger partial charge is 0.337 e. The summed E-state index contributed by atoms with van der Waals surface area (Å²) in [5.41, 5.74) is 0.225. The first-order valence-corrected chi connectivity index (χ1v) is 16.5. The molecule has 0 fully saturated rings. The van der Waals surface area contributed by atoms with Crippen molar-refractivity contribution in [3.8, 4) is 0 Å². The monoisotopic (exact) mass is 487 g/mol. The SMILES string of the molecule is CCCN(CC)CC(CC[Si](CC)(OCC)OCC)(CN(CC)CCC)CN(CC)CCC. The second-order valence-electron chi connectivity index (χ2n) is 9.74. The molecule has 0 rings (SSSR count). The molecular weight excluding hydrogens is 426 g/mol. The zero-order valence-corrected chi connectivity index (χ0v) is 25.2. The van der Waals surface area contributed by atoms with E-state index in [2.05, 4.69) is 77.0 Å². The first kappa shape index (κ1) is 33.0. The van der Waals surface area contributed by atoms with Crippen molar-refractivity contribution in [1.82, 2.24) is 14.7 Å². The fraction of sp³-hybridized carbons (Fsp3) is 1.00. The molecule has 0 saturated carbocycles. The van der Waals surface area contributed by atoms with Gasteiger partial charge in [0.1, 0.15) is 0 Å². The Morgan fingerprint density at radius 1 is 0.576 bits per heavy atom. The van der Waals surface area contributed by atoms with Gasteiger partial charge in [0.2, 0.25) is 0 Å². The van der Waals surface area contributed by atoms with Gasteiger partial charge in [-0.05, 0) is 90.9 Å². The first-order valence-electron chi connectivity index (χ1n) is 14.3. The topological polar surface area (TPSA) is 28.2 Å². The van der Waals surface area contributed by atoms with Gasteiger partial charge < -0.3 is 23.6 Å². The summed E-state index contributed by atoms with van der Waals surface area (Å²) in [7, 11) is -2.17. The van der Waals surface area contributed by atoms with E-state index in [4.69, 9.17) is 8.85 Å². The minimum atomic E-state index is -2.17. The normalized spacial score (nSPS) is 13.1. The number of nitrogens with zero attached hydrogens (tertiary/aromatic N) is 3. The number of hydrogen-bond donors (Lipinski definition) is 0. The molecular formula is C27H61N3O2Si. The van der Waals surface area contributed by atoms with Crippen LogP contribution < -0.4 is 0 Å². The molecule has 0 unspecified atom stereocenters. The molecule has 0 heterocycles. The third-order valence-electron chi connectivity index (χ3n) is 7.03. The lowest BCUT2D eigenvalue weighted by Crippen LogP contribution is -2.53. The third kappa shape index (κ3) is 12.5. The molecule has 5 nitrogen and oxygen atoms in total. The fourth-order valence-electron chi connectivity index (χ4n) is 5.35. The molecule has 0 radical (unpaired) electrons. The average Bonchev–Trinajstić information content (AvgIpc) is 2.82. The summed E-state index contributed by atoms with van der Waals surface area (Å²) in [5.74, 6) is 0. The van der Waals surface area contributed by atoms with Crippen LogP contribution in [0.3, 0.4) is 0 Å². The van der Waals surface area contributed by atoms with Gasteiger partial charge >= 0.3 is 8.56 Å². The van der Waals surface area contributed by atoms with Crippen molar-refractivity contribution in [2.75, 3.05) is 72.1 Å². The van der Waals surface area contributed by atoms with Gasteiger partial charge in [0, 0.05) is 38.3 Å². The van der Waals surface area contributed by atoms with E-state index in [-0.39, 0.29) is 5.41 Å². The summed E-state index contributed by atoms with van der Waals surface area (Å²) in [5, 5.41) is 0. The predicted octanol–water partition coefficient (Wildman–Crippen LogP) is 6.09. The molecule has 0 aromatic rings. The maximum atomic E-state index is 6.43. The Labute approximate surface area is 209 Å². The Kier molecular flexibility index (Phi) is 19.2. The van der Waals surface area contributed by atoms with Crippen LogP contribution in [0.15, 0.2) is 0 Å². The van der Waals surface area contributed by atoms with Crippen molar-refractivity contribution in [3.63, 3.8) is 0 Å². The van der Waals surface area contributed by atoms with Crippen molar-refractivity contribution in [2.45, 2.75) is 100 Å². The quantitative estimate of drug-likeness (QED) is 0.163. The molecule has 0 aliphatic carbocycles. The lowest BCUT2D eigenvalue weighted by atomic mass is 9.82. The summed E-state index contributed by atoms with van der Waals surface area (Å²) in [6.45, 7) is 32.5. The van der Waals surface area contributed by atoms with Crippen LogP contribution in [0.1, 0.15) is 88.0 Å². The van der Waals surface area contributed by atoms with Crippen LogP contribution in [-0.4, -0.2) is 95.4 Å². The first-order chi connectivity index (χ1) is 15.9. The van der Waals surface area contributed by atoms with Crippen molar-refractivity contribution >= 4 is 8.56 Å². The zero-order chi connectivity index (χ0) is 25.2. The number of rotatable bonds is 23. The summed E-state index contributed by atoms with van der Waals surface area (Å²) >= 11 is 0. The highest BCUT2D eigenvalue weighted by Crippen LogP contribution is 2.34. The van der Waals surface area contributed by atoms with Crippen molar-refractivity contribution in [3.05, 3.63) is 0 Å². The Balaban J connectivity index is 6.20. The summed E-state index contributed by atoms with van der Waals surface area (Å²) in [6, 6.07) is 2.14. The van der Waals surface area contributed by atoms with Crippen molar-refractivity contribution < 1.29 is 8.85 Å². The van der Waals surface area contributed by atoms with Crippen LogP contribution in [0.25, 0.3) is 0 Å². The Morgan fingerprint density at radius 3 is 1.18 bits per heavy atom. The van der Waals surface area contributed by atoms with Gasteiger partial charge in [0.05, 0.1) is 0 Å². The van der Waals surface area contributed by atoms with E-state index in [0.29, 0.717) is 0 Å². The van der Waals surface area contributed by atoms with Crippen LogP contribution in [-0.2, 0) is 8.85 Å². The van der Waals surface area contributed by atoms with Gasteiger partial charge in [-0.2, -0.15) is 0 Å². The van der Waals surface area contributed by atoms with Crippen LogP contribution in [0.4, 0.5) is 0 Å². The maximum Gasteiger partial charge on any atom is 0.337 e. The molecule has 0 saturated heterocycles. The summed E-state index contributed by atoms with van der Waals surface area (Å²) in [4.78, 5) is 8.11. The van der Waals surface area contributed by atoms with Crippen LogP contribution >= 0.6 is 0 Å². The molecule has 0 aliphatic rings. The second kappa shape index (κ2) is 19.2. The van der Waals surface area contributed by atoms with E-state index in [1.165, 1.54) is 65.0 Å². The van der Waals surface area contributed by atoms with E-state index in [9.17, 15) is 0 Å². The second-order valence-corrected chi connectivity index (χ2v) is 13.3. The zero-order valence-electron chi connectivity index (χ0n) is 24.2. The molecule has 0 aromatic heterocycles. The maximum absolute atomic E-state index is 6.43. The lowest BCUT2D eigenvalue weighted by molar-refractivity contribution is 0.0505. The average molecular weight is 488 g/mol. The Hall–Kier alpha value is 0.0169. The molecule has 0 N–H and O–H groups in total. The fourth-order valence-corrected chi connectivity index (χ4v) is 8.45. The van der Waals surface area contributed by atoms with Gasteiger partial charge in [0.15, 0.2) is 0 Å². The molecule has 0 aromatic carbocycles. The lowest BCUT2D eigenvalue weighted by Gasteiger charge is -2.45. The van der Waals surface area contributed by atoms with Gasteiger partial charge in [-0.1, -0.05) is 48.5 Å². The van der Waals surface area contributed by atoms with E-state index in [1.54, 1.807) is 0 Å². The van der Waals surface area contributed by atoms with Crippen molar-refractivity contribution in [2.24, 2.45) is 5.41 Å². The highest BCUT2D eigenvalue weighted by atomic mass is 28.4. The Morgan fingerprint density at radius 2 is 0.939 bits per heavy atom. The van der Waals surface area contributed by atoms with Gasteiger partial charge in [-0.25, -0.2) is 0 Å². The van der Waals surface area contributed by atoms with E-state index in [0.717, 1.165) is 44.9 Å². The van der Waals surface area contributed by atoms with E-state index < -0.39 is 8.56 Å². The van der Waals surface area contributed by atoms with Crippen LogP contribution in [0.5, 0.6) is 0 Å². The Bertz CT molecular complexity index is 406. The highest BCUT2D eigenvalue weighted by Gasteiger charge is 2.41. The number of hydrogen-bond acceptors (Lipinski definition) is 5. The third-order valence-corrected chi connectivity index (χ3v) is 10.7. The van der Waals surface area contributed by atoms with E-state index >= 15 is 0 Å². The molecule has 0 bridgehead atoms. The van der Waals surface area contributed by atoms with Crippen LogP contribution in [0, 0.1) is 5.41 Å². The minimum Gasteiger partial charge on any atom is -0.394 e. The molecule has 0 aliphatic heterocycles. The van der Waals surface area contributed by atoms with E-state index in [1.807, 2.05) is 0 Å². The molecule has 6 heteroatoms. The largest absolute Gasteiger partial charge is 0.394 e.